The number of ether oxygens (including phenoxy) is 1. The SMILES string of the molecule is CCCCCCCOc1ccc(C(C)CCCC(CC)c2ncc[nH]2)cc1. The first kappa shape index (κ1) is 21.5. The third kappa shape index (κ3) is 7.78. The zero-order valence-corrected chi connectivity index (χ0v) is 17.5. The molecule has 1 aromatic carbocycles. The van der Waals surface area contributed by atoms with Crippen LogP contribution in [0, 0.1) is 0 Å². The Morgan fingerprint density at radius 1 is 0.963 bits per heavy atom. The second-order valence-electron chi connectivity index (χ2n) is 7.74. The van der Waals surface area contributed by atoms with Crippen LogP contribution in [0.15, 0.2) is 36.7 Å². The molecule has 0 saturated heterocycles. The molecule has 1 heterocycles. The van der Waals surface area contributed by atoms with Gasteiger partial charge in [0, 0.05) is 18.3 Å². The van der Waals surface area contributed by atoms with Gasteiger partial charge in [-0.25, -0.2) is 4.98 Å². The number of unbranched alkanes of at least 4 members (excludes halogenated alkanes) is 4. The summed E-state index contributed by atoms with van der Waals surface area (Å²) in [6, 6.07) is 8.74. The van der Waals surface area contributed by atoms with E-state index in [0.29, 0.717) is 11.8 Å². The Bertz CT molecular complexity index is 591. The standard InChI is InChI=1S/C24H38N2O/c1-4-6-7-8-9-19-27-23-15-13-22(14-16-23)20(3)11-10-12-21(5-2)24-25-17-18-26-24/h13-18,20-21H,4-12,19H2,1-3H3,(H,25,26). The van der Waals surface area contributed by atoms with Crippen LogP contribution in [0.25, 0.3) is 0 Å². The van der Waals surface area contributed by atoms with E-state index in [9.17, 15) is 0 Å². The number of aromatic nitrogens is 2. The Balaban J connectivity index is 1.67. The molecule has 0 saturated carbocycles. The zero-order valence-electron chi connectivity index (χ0n) is 17.5. The van der Waals surface area contributed by atoms with E-state index >= 15 is 0 Å². The van der Waals surface area contributed by atoms with Crippen molar-refractivity contribution in [3.63, 3.8) is 0 Å². The lowest BCUT2D eigenvalue weighted by Gasteiger charge is -2.16. The Kier molecular flexibility index (Phi) is 10.0. The molecule has 2 atom stereocenters. The molecule has 0 amide bonds. The molecule has 0 aliphatic heterocycles. The van der Waals surface area contributed by atoms with Gasteiger partial charge in [-0.15, -0.1) is 0 Å². The van der Waals surface area contributed by atoms with Crippen LogP contribution in [-0.4, -0.2) is 16.6 Å². The topological polar surface area (TPSA) is 37.9 Å². The molecule has 1 aromatic heterocycles. The minimum absolute atomic E-state index is 0.556. The number of benzene rings is 1. The van der Waals surface area contributed by atoms with Crippen molar-refractivity contribution in [2.45, 2.75) is 90.4 Å². The highest BCUT2D eigenvalue weighted by Gasteiger charge is 2.13. The number of nitrogens with zero attached hydrogens (tertiary/aromatic N) is 1. The van der Waals surface area contributed by atoms with Gasteiger partial charge < -0.3 is 9.72 Å². The first-order valence-corrected chi connectivity index (χ1v) is 11.0. The molecule has 3 heteroatoms. The lowest BCUT2D eigenvalue weighted by Crippen LogP contribution is -2.02. The molecule has 3 nitrogen and oxygen atoms in total. The lowest BCUT2D eigenvalue weighted by atomic mass is 9.91. The summed E-state index contributed by atoms with van der Waals surface area (Å²) < 4.78 is 5.88. The molecule has 150 valence electrons. The smallest absolute Gasteiger partial charge is 0.119 e. The summed E-state index contributed by atoms with van der Waals surface area (Å²) in [7, 11) is 0. The number of rotatable bonds is 14. The Hall–Kier alpha value is -1.77. The Labute approximate surface area is 166 Å². The molecule has 2 unspecified atom stereocenters. The summed E-state index contributed by atoms with van der Waals surface area (Å²) in [5.41, 5.74) is 1.41. The van der Waals surface area contributed by atoms with Crippen LogP contribution in [0.5, 0.6) is 5.75 Å². The maximum Gasteiger partial charge on any atom is 0.119 e. The highest BCUT2D eigenvalue weighted by atomic mass is 16.5. The van der Waals surface area contributed by atoms with E-state index in [-0.39, 0.29) is 0 Å². The van der Waals surface area contributed by atoms with Crippen LogP contribution in [0.1, 0.15) is 102 Å². The van der Waals surface area contributed by atoms with Crippen molar-refractivity contribution in [1.29, 1.82) is 0 Å². The Morgan fingerprint density at radius 2 is 1.74 bits per heavy atom. The fourth-order valence-corrected chi connectivity index (χ4v) is 3.66. The van der Waals surface area contributed by atoms with Crippen LogP contribution in [-0.2, 0) is 0 Å². The van der Waals surface area contributed by atoms with E-state index in [1.54, 1.807) is 0 Å². The van der Waals surface area contributed by atoms with Gasteiger partial charge in [0.2, 0.25) is 0 Å². The van der Waals surface area contributed by atoms with E-state index in [1.807, 2.05) is 12.4 Å². The van der Waals surface area contributed by atoms with Gasteiger partial charge in [0.25, 0.3) is 0 Å². The third-order valence-corrected chi connectivity index (χ3v) is 5.55. The summed E-state index contributed by atoms with van der Waals surface area (Å²) in [4.78, 5) is 7.70. The van der Waals surface area contributed by atoms with Crippen molar-refractivity contribution in [1.82, 2.24) is 9.97 Å². The molecule has 2 aromatic rings. The average molecular weight is 371 g/mol. The lowest BCUT2D eigenvalue weighted by molar-refractivity contribution is 0.304. The number of H-pyrrole nitrogens is 1. The van der Waals surface area contributed by atoms with E-state index in [1.165, 1.54) is 50.5 Å². The Morgan fingerprint density at radius 3 is 2.41 bits per heavy atom. The number of nitrogens with one attached hydrogen (secondary N) is 1. The third-order valence-electron chi connectivity index (χ3n) is 5.55. The average Bonchev–Trinajstić information content (AvgIpc) is 3.23. The largest absolute Gasteiger partial charge is 0.494 e. The van der Waals surface area contributed by atoms with E-state index < -0.39 is 0 Å². The van der Waals surface area contributed by atoms with Gasteiger partial charge in [-0.2, -0.15) is 0 Å². The van der Waals surface area contributed by atoms with E-state index in [4.69, 9.17) is 4.74 Å². The molecule has 0 aliphatic carbocycles. The van der Waals surface area contributed by atoms with Crippen LogP contribution in [0.4, 0.5) is 0 Å². The van der Waals surface area contributed by atoms with Crippen LogP contribution < -0.4 is 4.74 Å². The quantitative estimate of drug-likeness (QED) is 0.356. The monoisotopic (exact) mass is 370 g/mol. The first-order valence-electron chi connectivity index (χ1n) is 11.0. The predicted molar refractivity (Wildman–Crippen MR) is 115 cm³/mol. The van der Waals surface area contributed by atoms with E-state index in [2.05, 4.69) is 55.0 Å². The second kappa shape index (κ2) is 12.6. The van der Waals surface area contributed by atoms with Crippen molar-refractivity contribution in [2.75, 3.05) is 6.61 Å². The minimum Gasteiger partial charge on any atom is -0.494 e. The highest BCUT2D eigenvalue weighted by molar-refractivity contribution is 5.29. The first-order chi connectivity index (χ1) is 13.2. The molecule has 0 aliphatic rings. The summed E-state index contributed by atoms with van der Waals surface area (Å²) in [6.07, 6.45) is 15.0. The molecule has 0 radical (unpaired) electrons. The molecule has 0 fully saturated rings. The van der Waals surface area contributed by atoms with Gasteiger partial charge in [0.15, 0.2) is 0 Å². The fraction of sp³-hybridized carbons (Fsp3) is 0.625. The van der Waals surface area contributed by atoms with Gasteiger partial charge in [0.05, 0.1) is 6.61 Å². The fourth-order valence-electron chi connectivity index (χ4n) is 3.66. The normalized spacial score (nSPS) is 13.4. The second-order valence-corrected chi connectivity index (χ2v) is 7.74. The van der Waals surface area contributed by atoms with Gasteiger partial charge in [-0.05, 0) is 49.3 Å². The van der Waals surface area contributed by atoms with Gasteiger partial charge in [-0.3, -0.25) is 0 Å². The molecular formula is C24H38N2O. The summed E-state index contributed by atoms with van der Waals surface area (Å²) in [5, 5.41) is 0. The summed E-state index contributed by atoms with van der Waals surface area (Å²) in [5.74, 6) is 3.29. The van der Waals surface area contributed by atoms with Gasteiger partial charge in [0.1, 0.15) is 11.6 Å². The van der Waals surface area contributed by atoms with Crippen LogP contribution in [0.3, 0.4) is 0 Å². The van der Waals surface area contributed by atoms with Crippen LogP contribution >= 0.6 is 0 Å². The number of hydrogen-bond donors (Lipinski definition) is 1. The maximum atomic E-state index is 5.88. The number of hydrogen-bond acceptors (Lipinski definition) is 2. The summed E-state index contributed by atoms with van der Waals surface area (Å²) in [6.45, 7) is 7.67. The molecule has 1 N–H and O–H groups in total. The van der Waals surface area contributed by atoms with Crippen molar-refractivity contribution < 1.29 is 4.74 Å². The molecule has 27 heavy (non-hydrogen) atoms. The number of imidazole rings is 1. The van der Waals surface area contributed by atoms with Crippen LogP contribution in [0.2, 0.25) is 0 Å². The highest BCUT2D eigenvalue weighted by Crippen LogP contribution is 2.28. The minimum atomic E-state index is 0.556. The van der Waals surface area contributed by atoms with E-state index in [0.717, 1.165) is 31.0 Å². The molecule has 0 bridgehead atoms. The number of aromatic amines is 1. The molecule has 0 spiro atoms. The van der Waals surface area contributed by atoms with Crippen molar-refractivity contribution in [3.05, 3.63) is 48.0 Å². The molecule has 2 rings (SSSR count). The summed E-state index contributed by atoms with van der Waals surface area (Å²) >= 11 is 0. The van der Waals surface area contributed by atoms with Gasteiger partial charge >= 0.3 is 0 Å². The van der Waals surface area contributed by atoms with Gasteiger partial charge in [-0.1, -0.05) is 65.0 Å². The van der Waals surface area contributed by atoms with Crippen molar-refractivity contribution in [3.8, 4) is 5.75 Å². The maximum absolute atomic E-state index is 5.88. The van der Waals surface area contributed by atoms with Crippen molar-refractivity contribution >= 4 is 0 Å². The van der Waals surface area contributed by atoms with Crippen molar-refractivity contribution in [2.24, 2.45) is 0 Å². The predicted octanol–water partition coefficient (Wildman–Crippen LogP) is 7.23. The zero-order chi connectivity index (χ0) is 19.3. The molecular weight excluding hydrogens is 332 g/mol.